The Labute approximate surface area is 123 Å². The predicted molar refractivity (Wildman–Crippen MR) is 76.8 cm³/mol. The minimum absolute atomic E-state index is 0.243. The van der Waals surface area contributed by atoms with Crippen molar-refractivity contribution >= 4 is 5.91 Å². The molecule has 6 heteroatoms. The Morgan fingerprint density at radius 3 is 2.76 bits per heavy atom. The molecular weight excluding hydrogens is 272 g/mol. The molecule has 0 bridgehead atoms. The Hall–Kier alpha value is -2.50. The van der Waals surface area contributed by atoms with Crippen LogP contribution in [0.2, 0.25) is 0 Å². The van der Waals surface area contributed by atoms with E-state index in [1.165, 1.54) is 6.39 Å². The Bertz CT molecular complexity index is 622. The topological polar surface area (TPSA) is 73.6 Å². The molecule has 1 N–H and O–H groups in total. The molecule has 6 nitrogen and oxygen atoms in total. The summed E-state index contributed by atoms with van der Waals surface area (Å²) in [4.78, 5) is 15.8. The van der Waals surface area contributed by atoms with Gasteiger partial charge in [-0.05, 0) is 37.1 Å². The maximum Gasteiger partial charge on any atom is 0.289 e. The van der Waals surface area contributed by atoms with Gasteiger partial charge in [0.2, 0.25) is 5.76 Å². The van der Waals surface area contributed by atoms with Crippen LogP contribution < -0.4 is 14.8 Å². The second-order valence-corrected chi connectivity index (χ2v) is 4.45. The molecule has 0 saturated heterocycles. The van der Waals surface area contributed by atoms with Crippen molar-refractivity contribution in [2.75, 3.05) is 20.8 Å². The first-order valence-electron chi connectivity index (χ1n) is 6.55. The third-order valence-corrected chi connectivity index (χ3v) is 3.12. The zero-order valence-corrected chi connectivity index (χ0v) is 12.3. The highest BCUT2D eigenvalue weighted by Gasteiger charge is 2.13. The Morgan fingerprint density at radius 2 is 2.14 bits per heavy atom. The SMILES string of the molecule is COc1ccc(OC)c(CCNC(=O)c2ocnc2C)c1. The maximum atomic E-state index is 11.9. The van der Waals surface area contributed by atoms with E-state index in [2.05, 4.69) is 10.3 Å². The second-order valence-electron chi connectivity index (χ2n) is 4.45. The third-order valence-electron chi connectivity index (χ3n) is 3.12. The van der Waals surface area contributed by atoms with E-state index < -0.39 is 0 Å². The van der Waals surface area contributed by atoms with Gasteiger partial charge in [0, 0.05) is 6.54 Å². The van der Waals surface area contributed by atoms with Crippen LogP contribution in [0.3, 0.4) is 0 Å². The lowest BCUT2D eigenvalue weighted by Crippen LogP contribution is -2.26. The first kappa shape index (κ1) is 14.9. The van der Waals surface area contributed by atoms with Crippen molar-refractivity contribution in [2.45, 2.75) is 13.3 Å². The number of nitrogens with one attached hydrogen (secondary N) is 1. The second kappa shape index (κ2) is 6.78. The highest BCUT2D eigenvalue weighted by Crippen LogP contribution is 2.24. The van der Waals surface area contributed by atoms with Crippen molar-refractivity contribution in [1.82, 2.24) is 10.3 Å². The molecular formula is C15H18N2O4. The number of oxazole rings is 1. The van der Waals surface area contributed by atoms with Crippen LogP contribution in [0.15, 0.2) is 29.0 Å². The summed E-state index contributed by atoms with van der Waals surface area (Å²) in [5.74, 6) is 1.49. The van der Waals surface area contributed by atoms with Crippen molar-refractivity contribution in [3.63, 3.8) is 0 Å². The lowest BCUT2D eigenvalue weighted by Gasteiger charge is -2.10. The summed E-state index contributed by atoms with van der Waals surface area (Å²) < 4.78 is 15.5. The highest BCUT2D eigenvalue weighted by molar-refractivity contribution is 5.92. The van der Waals surface area contributed by atoms with E-state index >= 15 is 0 Å². The molecule has 0 aliphatic rings. The Balaban J connectivity index is 1.97. The van der Waals surface area contributed by atoms with Gasteiger partial charge in [-0.1, -0.05) is 0 Å². The number of hydrogen-bond donors (Lipinski definition) is 1. The van der Waals surface area contributed by atoms with Crippen molar-refractivity contribution < 1.29 is 18.7 Å². The molecule has 0 aliphatic heterocycles. The number of aryl methyl sites for hydroxylation is 1. The third kappa shape index (κ3) is 3.53. The summed E-state index contributed by atoms with van der Waals surface area (Å²) in [6, 6.07) is 5.57. The number of benzene rings is 1. The zero-order chi connectivity index (χ0) is 15.2. The van der Waals surface area contributed by atoms with Crippen LogP contribution in [-0.2, 0) is 6.42 Å². The van der Waals surface area contributed by atoms with E-state index in [4.69, 9.17) is 13.9 Å². The number of methoxy groups -OCH3 is 2. The highest BCUT2D eigenvalue weighted by atomic mass is 16.5. The number of carbonyl (C=O) groups is 1. The summed E-state index contributed by atoms with van der Waals surface area (Å²) in [6.07, 6.45) is 1.88. The molecule has 21 heavy (non-hydrogen) atoms. The Morgan fingerprint density at radius 1 is 1.33 bits per heavy atom. The van der Waals surface area contributed by atoms with E-state index in [-0.39, 0.29) is 11.7 Å². The van der Waals surface area contributed by atoms with Crippen molar-refractivity contribution in [1.29, 1.82) is 0 Å². The molecule has 0 fully saturated rings. The number of ether oxygens (including phenoxy) is 2. The number of nitrogens with zero attached hydrogens (tertiary/aromatic N) is 1. The van der Waals surface area contributed by atoms with Gasteiger partial charge in [0.05, 0.1) is 19.9 Å². The van der Waals surface area contributed by atoms with Gasteiger partial charge in [0.15, 0.2) is 6.39 Å². The normalized spacial score (nSPS) is 10.2. The quantitative estimate of drug-likeness (QED) is 0.880. The van der Waals surface area contributed by atoms with Crippen LogP contribution in [-0.4, -0.2) is 31.7 Å². The van der Waals surface area contributed by atoms with Gasteiger partial charge in [-0.2, -0.15) is 0 Å². The Kier molecular flexibility index (Phi) is 4.81. The van der Waals surface area contributed by atoms with E-state index in [1.807, 2.05) is 18.2 Å². The number of rotatable bonds is 6. The molecule has 0 saturated carbocycles. The standard InChI is InChI=1S/C15H18N2O4/c1-10-14(21-9-17-10)15(18)16-7-6-11-8-12(19-2)4-5-13(11)20-3/h4-5,8-9H,6-7H2,1-3H3,(H,16,18). The van der Waals surface area contributed by atoms with Crippen LogP contribution in [0.25, 0.3) is 0 Å². The van der Waals surface area contributed by atoms with Gasteiger partial charge < -0.3 is 19.2 Å². The van der Waals surface area contributed by atoms with E-state index in [1.54, 1.807) is 21.1 Å². The lowest BCUT2D eigenvalue weighted by atomic mass is 10.1. The number of amides is 1. The molecule has 112 valence electrons. The van der Waals surface area contributed by atoms with E-state index in [9.17, 15) is 4.79 Å². The molecule has 0 atom stereocenters. The fourth-order valence-electron chi connectivity index (χ4n) is 1.99. The monoisotopic (exact) mass is 290 g/mol. The van der Waals surface area contributed by atoms with Gasteiger partial charge in [0.1, 0.15) is 11.5 Å². The molecule has 0 spiro atoms. The zero-order valence-electron chi connectivity index (χ0n) is 12.3. The van der Waals surface area contributed by atoms with Crippen LogP contribution in [0.4, 0.5) is 0 Å². The van der Waals surface area contributed by atoms with Gasteiger partial charge in [-0.15, -0.1) is 0 Å². The van der Waals surface area contributed by atoms with Crippen LogP contribution in [0.1, 0.15) is 21.8 Å². The van der Waals surface area contributed by atoms with Gasteiger partial charge in [-0.25, -0.2) is 4.98 Å². The van der Waals surface area contributed by atoms with Gasteiger partial charge in [0.25, 0.3) is 5.91 Å². The summed E-state index contributed by atoms with van der Waals surface area (Å²) >= 11 is 0. The summed E-state index contributed by atoms with van der Waals surface area (Å²) in [6.45, 7) is 2.19. The van der Waals surface area contributed by atoms with Crippen molar-refractivity contribution in [2.24, 2.45) is 0 Å². The fraction of sp³-hybridized carbons (Fsp3) is 0.333. The minimum atomic E-state index is -0.271. The van der Waals surface area contributed by atoms with Crippen molar-refractivity contribution in [3.05, 3.63) is 41.6 Å². The van der Waals surface area contributed by atoms with Gasteiger partial charge in [-0.3, -0.25) is 4.79 Å². The number of hydrogen-bond acceptors (Lipinski definition) is 5. The summed E-state index contributed by atoms with van der Waals surface area (Å²) in [5.41, 5.74) is 1.54. The molecule has 0 aliphatic carbocycles. The lowest BCUT2D eigenvalue weighted by molar-refractivity contribution is 0.0925. The van der Waals surface area contributed by atoms with Crippen LogP contribution in [0.5, 0.6) is 11.5 Å². The summed E-state index contributed by atoms with van der Waals surface area (Å²) in [7, 11) is 3.22. The molecule has 1 aromatic carbocycles. The fourth-order valence-corrected chi connectivity index (χ4v) is 1.99. The average molecular weight is 290 g/mol. The molecule has 1 heterocycles. The number of carbonyl (C=O) groups excluding carboxylic acids is 1. The molecule has 0 radical (unpaired) electrons. The average Bonchev–Trinajstić information content (AvgIpc) is 2.93. The molecule has 1 amide bonds. The molecule has 2 aromatic rings. The predicted octanol–water partition coefficient (Wildman–Crippen LogP) is 1.97. The van der Waals surface area contributed by atoms with Gasteiger partial charge >= 0.3 is 0 Å². The van der Waals surface area contributed by atoms with Crippen molar-refractivity contribution in [3.8, 4) is 11.5 Å². The van der Waals surface area contributed by atoms with E-state index in [0.717, 1.165) is 17.1 Å². The number of aromatic nitrogens is 1. The molecule has 0 unspecified atom stereocenters. The van der Waals surface area contributed by atoms with E-state index in [0.29, 0.717) is 18.7 Å². The van der Waals surface area contributed by atoms with Crippen LogP contribution in [0, 0.1) is 6.92 Å². The summed E-state index contributed by atoms with van der Waals surface area (Å²) in [5, 5.41) is 2.79. The molecule has 1 aromatic heterocycles. The smallest absolute Gasteiger partial charge is 0.289 e. The van der Waals surface area contributed by atoms with Crippen LogP contribution >= 0.6 is 0 Å². The maximum absolute atomic E-state index is 11.9. The first-order chi connectivity index (χ1) is 10.2. The minimum Gasteiger partial charge on any atom is -0.497 e. The largest absolute Gasteiger partial charge is 0.497 e. The first-order valence-corrected chi connectivity index (χ1v) is 6.55. The molecule has 2 rings (SSSR count).